The van der Waals surface area contributed by atoms with E-state index in [2.05, 4.69) is 0 Å². The predicted octanol–water partition coefficient (Wildman–Crippen LogP) is 5.75. The Morgan fingerprint density at radius 3 is 1.90 bits per heavy atom. The molecule has 0 unspecified atom stereocenters. The molecular weight excluding hydrogens is 369 g/mol. The van der Waals surface area contributed by atoms with Crippen LogP contribution in [0.1, 0.15) is 13.3 Å². The lowest BCUT2D eigenvalue weighted by molar-refractivity contribution is -0.132. The lowest BCUT2D eigenvalue weighted by atomic mass is 10.2. The molecule has 0 bridgehead atoms. The highest BCUT2D eigenvalue weighted by atomic mass is 35.5. The Labute approximate surface area is 141 Å². The van der Waals surface area contributed by atoms with E-state index in [0.717, 1.165) is 0 Å². The minimum absolute atomic E-state index is 0.0211. The molecule has 1 aromatic carbocycles. The van der Waals surface area contributed by atoms with Crippen molar-refractivity contribution in [1.82, 2.24) is 0 Å². The quantitative estimate of drug-likeness (QED) is 0.403. The third-order valence-corrected chi connectivity index (χ3v) is 4.62. The van der Waals surface area contributed by atoms with Gasteiger partial charge < -0.3 is 9.84 Å². The third-order valence-electron chi connectivity index (χ3n) is 2.38. The SMILES string of the molecule is CCC(=CCOc1c(Cl)c(Cl)c(Cl)c(Cl)c1Cl)C(=O)O. The van der Waals surface area contributed by atoms with E-state index in [4.69, 9.17) is 67.8 Å². The summed E-state index contributed by atoms with van der Waals surface area (Å²) in [6, 6.07) is 0. The highest BCUT2D eigenvalue weighted by Crippen LogP contribution is 2.48. The van der Waals surface area contributed by atoms with Gasteiger partial charge in [-0.25, -0.2) is 4.79 Å². The maximum absolute atomic E-state index is 10.8. The van der Waals surface area contributed by atoms with E-state index in [1.54, 1.807) is 6.92 Å². The summed E-state index contributed by atoms with van der Waals surface area (Å²) in [5.74, 6) is -0.953. The fraction of sp³-hybridized carbons (Fsp3) is 0.250. The van der Waals surface area contributed by atoms with Gasteiger partial charge in [0.2, 0.25) is 0 Å². The molecule has 0 fully saturated rings. The van der Waals surface area contributed by atoms with Crippen molar-refractivity contribution in [3.05, 3.63) is 36.8 Å². The van der Waals surface area contributed by atoms with Crippen LogP contribution >= 0.6 is 58.0 Å². The standard InChI is InChI=1S/C12H9Cl5O3/c1-2-5(12(18)19)3-4-20-11-9(16)7(14)6(13)8(15)10(11)17/h3H,2,4H2,1H3,(H,18,19). The van der Waals surface area contributed by atoms with Crippen LogP contribution < -0.4 is 4.74 Å². The van der Waals surface area contributed by atoms with Gasteiger partial charge in [0.25, 0.3) is 0 Å². The Morgan fingerprint density at radius 2 is 1.50 bits per heavy atom. The number of ether oxygens (including phenoxy) is 1. The van der Waals surface area contributed by atoms with E-state index in [1.807, 2.05) is 0 Å². The van der Waals surface area contributed by atoms with E-state index in [-0.39, 0.29) is 43.0 Å². The van der Waals surface area contributed by atoms with Crippen molar-refractivity contribution in [3.63, 3.8) is 0 Å². The van der Waals surface area contributed by atoms with Crippen LogP contribution in [0.5, 0.6) is 5.75 Å². The van der Waals surface area contributed by atoms with Crippen LogP contribution in [-0.2, 0) is 4.79 Å². The Hall–Kier alpha value is -0.320. The van der Waals surface area contributed by atoms with Crippen molar-refractivity contribution in [3.8, 4) is 5.75 Å². The number of hydrogen-bond acceptors (Lipinski definition) is 2. The van der Waals surface area contributed by atoms with E-state index >= 15 is 0 Å². The molecule has 20 heavy (non-hydrogen) atoms. The number of aliphatic carboxylic acids is 1. The Morgan fingerprint density at radius 1 is 1.05 bits per heavy atom. The average molecular weight is 378 g/mol. The van der Waals surface area contributed by atoms with E-state index in [0.29, 0.717) is 6.42 Å². The van der Waals surface area contributed by atoms with Crippen LogP contribution in [0.3, 0.4) is 0 Å². The van der Waals surface area contributed by atoms with Crippen molar-refractivity contribution in [2.75, 3.05) is 6.61 Å². The Kier molecular flexibility index (Phi) is 6.76. The molecular formula is C12H9Cl5O3. The minimum atomic E-state index is -1.01. The van der Waals surface area contributed by atoms with Gasteiger partial charge in [-0.05, 0) is 12.5 Å². The monoisotopic (exact) mass is 376 g/mol. The van der Waals surface area contributed by atoms with Gasteiger partial charge in [-0.2, -0.15) is 0 Å². The average Bonchev–Trinajstić information content (AvgIpc) is 2.42. The molecule has 0 aliphatic rings. The fourth-order valence-electron chi connectivity index (χ4n) is 1.32. The maximum Gasteiger partial charge on any atom is 0.331 e. The van der Waals surface area contributed by atoms with Crippen LogP contribution in [0.2, 0.25) is 25.1 Å². The molecule has 0 atom stereocenters. The normalized spacial score (nSPS) is 11.6. The number of carboxylic acid groups (broad SMARTS) is 1. The molecule has 0 saturated carbocycles. The molecule has 8 heteroatoms. The number of benzene rings is 1. The second kappa shape index (κ2) is 7.62. The summed E-state index contributed by atoms with van der Waals surface area (Å²) in [5, 5.41) is 8.99. The summed E-state index contributed by atoms with van der Waals surface area (Å²) in [7, 11) is 0. The molecule has 0 saturated heterocycles. The molecule has 0 aliphatic carbocycles. The van der Waals surface area contributed by atoms with Gasteiger partial charge in [-0.3, -0.25) is 0 Å². The molecule has 1 rings (SSSR count). The van der Waals surface area contributed by atoms with Crippen LogP contribution in [-0.4, -0.2) is 17.7 Å². The second-order valence-electron chi connectivity index (χ2n) is 3.60. The lowest BCUT2D eigenvalue weighted by Gasteiger charge is -2.12. The molecule has 0 aliphatic heterocycles. The Balaban J connectivity index is 3.03. The highest BCUT2D eigenvalue weighted by Gasteiger charge is 2.20. The molecule has 0 spiro atoms. The van der Waals surface area contributed by atoms with Crippen LogP contribution in [0.4, 0.5) is 0 Å². The summed E-state index contributed by atoms with van der Waals surface area (Å²) in [5.41, 5.74) is 0.211. The highest BCUT2D eigenvalue weighted by molar-refractivity contribution is 6.55. The number of carbonyl (C=O) groups is 1. The summed E-state index contributed by atoms with van der Waals surface area (Å²) in [6.45, 7) is 1.68. The van der Waals surface area contributed by atoms with Gasteiger partial charge in [0.1, 0.15) is 16.7 Å². The topological polar surface area (TPSA) is 46.5 Å². The zero-order chi connectivity index (χ0) is 15.4. The fourth-order valence-corrected chi connectivity index (χ4v) is 2.55. The summed E-state index contributed by atoms with van der Waals surface area (Å²) in [4.78, 5) is 10.8. The van der Waals surface area contributed by atoms with Gasteiger partial charge in [0.15, 0.2) is 5.75 Å². The first-order valence-electron chi connectivity index (χ1n) is 5.37. The number of rotatable bonds is 5. The minimum Gasteiger partial charge on any atom is -0.486 e. The van der Waals surface area contributed by atoms with Crippen LogP contribution in [0.15, 0.2) is 11.6 Å². The molecule has 0 heterocycles. The first-order valence-corrected chi connectivity index (χ1v) is 7.26. The largest absolute Gasteiger partial charge is 0.486 e. The molecule has 1 aromatic rings. The van der Waals surface area contributed by atoms with Gasteiger partial charge in [-0.1, -0.05) is 64.9 Å². The van der Waals surface area contributed by atoms with Gasteiger partial charge in [-0.15, -0.1) is 0 Å². The van der Waals surface area contributed by atoms with E-state index < -0.39 is 5.97 Å². The second-order valence-corrected chi connectivity index (χ2v) is 5.49. The van der Waals surface area contributed by atoms with E-state index in [1.165, 1.54) is 6.08 Å². The summed E-state index contributed by atoms with van der Waals surface area (Å²) >= 11 is 29.5. The molecule has 0 radical (unpaired) electrons. The molecule has 110 valence electrons. The van der Waals surface area contributed by atoms with Gasteiger partial charge in [0, 0.05) is 5.57 Å². The van der Waals surface area contributed by atoms with Crippen molar-refractivity contribution in [2.24, 2.45) is 0 Å². The number of hydrogen-bond donors (Lipinski definition) is 1. The molecule has 0 aromatic heterocycles. The van der Waals surface area contributed by atoms with E-state index in [9.17, 15) is 4.79 Å². The van der Waals surface area contributed by atoms with Crippen molar-refractivity contribution in [1.29, 1.82) is 0 Å². The van der Waals surface area contributed by atoms with Crippen LogP contribution in [0.25, 0.3) is 0 Å². The maximum atomic E-state index is 10.8. The smallest absolute Gasteiger partial charge is 0.331 e. The lowest BCUT2D eigenvalue weighted by Crippen LogP contribution is -2.03. The molecule has 3 nitrogen and oxygen atoms in total. The number of carboxylic acids is 1. The first-order chi connectivity index (χ1) is 9.31. The Bertz CT molecular complexity index is 540. The van der Waals surface area contributed by atoms with Crippen LogP contribution in [0, 0.1) is 0 Å². The molecule has 1 N–H and O–H groups in total. The van der Waals surface area contributed by atoms with Gasteiger partial charge >= 0.3 is 5.97 Å². The number of halogens is 5. The zero-order valence-electron chi connectivity index (χ0n) is 10.1. The van der Waals surface area contributed by atoms with Crippen molar-refractivity contribution in [2.45, 2.75) is 13.3 Å². The summed E-state index contributed by atoms with van der Waals surface area (Å²) < 4.78 is 5.34. The third kappa shape index (κ3) is 3.86. The van der Waals surface area contributed by atoms with Gasteiger partial charge in [0.05, 0.1) is 15.1 Å². The predicted molar refractivity (Wildman–Crippen MR) is 83.0 cm³/mol. The van der Waals surface area contributed by atoms with Crippen molar-refractivity contribution < 1.29 is 14.6 Å². The van der Waals surface area contributed by atoms with Crippen molar-refractivity contribution >= 4 is 64.0 Å². The zero-order valence-corrected chi connectivity index (χ0v) is 13.9. The molecule has 0 amide bonds. The summed E-state index contributed by atoms with van der Waals surface area (Å²) in [6.07, 6.45) is 1.77. The first kappa shape index (κ1) is 17.7.